The summed E-state index contributed by atoms with van der Waals surface area (Å²) in [5.41, 5.74) is 1.91. The van der Waals surface area contributed by atoms with Crippen molar-refractivity contribution in [3.8, 4) is 0 Å². The lowest BCUT2D eigenvalue weighted by Crippen LogP contribution is -2.36. The Hall–Kier alpha value is -1.16. The zero-order chi connectivity index (χ0) is 13.7. The van der Waals surface area contributed by atoms with Crippen molar-refractivity contribution in [2.24, 2.45) is 4.99 Å². The molecule has 0 atom stereocenters. The first-order valence-corrected chi connectivity index (χ1v) is 6.77. The third-order valence-corrected chi connectivity index (χ3v) is 3.64. The molecule has 0 aliphatic rings. The summed E-state index contributed by atoms with van der Waals surface area (Å²) in [5.74, 6) is 0.730. The maximum Gasteiger partial charge on any atom is 0.191 e. The number of hydrogen-bond acceptors (Lipinski definition) is 5. The molecule has 20 heavy (non-hydrogen) atoms. The van der Waals surface area contributed by atoms with E-state index in [-0.39, 0.29) is 24.0 Å². The van der Waals surface area contributed by atoms with Crippen molar-refractivity contribution in [1.29, 1.82) is 0 Å². The van der Waals surface area contributed by atoms with E-state index in [0.717, 1.165) is 28.9 Å². The molecule has 6 nitrogen and oxygen atoms in total. The molecule has 0 aliphatic heterocycles. The number of hydrogen-bond donors (Lipinski definition) is 2. The number of aromatic nitrogens is 2. The largest absolute Gasteiger partial charge is 0.364 e. The molecule has 0 unspecified atom stereocenters. The van der Waals surface area contributed by atoms with E-state index in [9.17, 15) is 0 Å². The number of nitrogens with zero attached hydrogens (tertiary/aromatic N) is 3. The molecule has 2 rings (SSSR count). The molecule has 0 radical (unpaired) electrons. The van der Waals surface area contributed by atoms with Crippen LogP contribution in [0.15, 0.2) is 21.8 Å². The van der Waals surface area contributed by atoms with Gasteiger partial charge in [0.2, 0.25) is 0 Å². The van der Waals surface area contributed by atoms with Crippen LogP contribution < -0.4 is 10.6 Å². The minimum absolute atomic E-state index is 0. The molecule has 0 saturated carbocycles. The third-order valence-electron chi connectivity index (χ3n) is 2.57. The summed E-state index contributed by atoms with van der Waals surface area (Å²) in [5, 5.41) is 11.3. The Morgan fingerprint density at radius 2 is 2.10 bits per heavy atom. The van der Waals surface area contributed by atoms with Crippen LogP contribution >= 0.6 is 35.3 Å². The normalized spacial score (nSPS) is 11.1. The van der Waals surface area contributed by atoms with Gasteiger partial charge >= 0.3 is 0 Å². The van der Waals surface area contributed by atoms with Crippen molar-refractivity contribution in [2.45, 2.75) is 26.9 Å². The van der Waals surface area contributed by atoms with Gasteiger partial charge in [0.25, 0.3) is 0 Å². The van der Waals surface area contributed by atoms with Crippen molar-refractivity contribution in [1.82, 2.24) is 20.8 Å². The Morgan fingerprint density at radius 3 is 2.65 bits per heavy atom. The lowest BCUT2D eigenvalue weighted by atomic mass is 10.4. The zero-order valence-electron chi connectivity index (χ0n) is 11.6. The van der Waals surface area contributed by atoms with Gasteiger partial charge in [-0.15, -0.1) is 35.3 Å². The van der Waals surface area contributed by atoms with E-state index in [2.05, 4.69) is 25.8 Å². The van der Waals surface area contributed by atoms with E-state index in [1.807, 2.05) is 19.9 Å². The molecule has 2 heterocycles. The monoisotopic (exact) mass is 407 g/mol. The van der Waals surface area contributed by atoms with Gasteiger partial charge in [0.05, 0.1) is 23.8 Å². The molecule has 110 valence electrons. The van der Waals surface area contributed by atoms with Gasteiger partial charge in [-0.3, -0.25) is 4.99 Å². The average molecular weight is 407 g/mol. The first-order chi connectivity index (χ1) is 9.19. The van der Waals surface area contributed by atoms with Gasteiger partial charge in [-0.25, -0.2) is 4.98 Å². The first kappa shape index (κ1) is 16.9. The van der Waals surface area contributed by atoms with E-state index in [0.29, 0.717) is 6.54 Å². The lowest BCUT2D eigenvalue weighted by Gasteiger charge is -2.10. The van der Waals surface area contributed by atoms with Crippen molar-refractivity contribution < 1.29 is 4.52 Å². The highest BCUT2D eigenvalue weighted by atomic mass is 127. The van der Waals surface area contributed by atoms with Crippen LogP contribution in [0.2, 0.25) is 0 Å². The number of guanidine groups is 1. The molecular weight excluding hydrogens is 389 g/mol. The Bertz CT molecular complexity index is 552. The number of halogens is 1. The molecule has 0 spiro atoms. The summed E-state index contributed by atoms with van der Waals surface area (Å²) >= 11 is 1.70. The van der Waals surface area contributed by atoms with Gasteiger partial charge in [0.15, 0.2) is 5.96 Å². The lowest BCUT2D eigenvalue weighted by molar-refractivity contribution is 0.410. The van der Waals surface area contributed by atoms with Gasteiger partial charge in [-0.05, 0) is 13.8 Å². The van der Waals surface area contributed by atoms with Crippen molar-refractivity contribution in [3.63, 3.8) is 0 Å². The number of aryl methyl sites for hydroxylation is 2. The maximum atomic E-state index is 4.77. The molecule has 0 aromatic carbocycles. The number of aliphatic imine (C=N–C) groups is 1. The van der Waals surface area contributed by atoms with Gasteiger partial charge in [0.1, 0.15) is 12.0 Å². The quantitative estimate of drug-likeness (QED) is 0.462. The molecule has 0 fully saturated rings. The Labute approximate surface area is 139 Å². The zero-order valence-corrected chi connectivity index (χ0v) is 14.8. The van der Waals surface area contributed by atoms with Gasteiger partial charge in [-0.1, -0.05) is 5.16 Å². The fourth-order valence-corrected chi connectivity index (χ4v) is 2.50. The van der Waals surface area contributed by atoms with Crippen LogP contribution in [0.25, 0.3) is 0 Å². The van der Waals surface area contributed by atoms with E-state index in [1.54, 1.807) is 24.6 Å². The summed E-state index contributed by atoms with van der Waals surface area (Å²) in [6.07, 6.45) is 1.55. The second kappa shape index (κ2) is 8.20. The molecule has 8 heteroatoms. The molecule has 0 saturated heterocycles. The van der Waals surface area contributed by atoms with Gasteiger partial charge < -0.3 is 15.2 Å². The second-order valence-corrected chi connectivity index (χ2v) is 5.30. The molecule has 0 bridgehead atoms. The molecule has 2 N–H and O–H groups in total. The minimum atomic E-state index is 0. The van der Waals surface area contributed by atoms with Crippen LogP contribution in [0.1, 0.15) is 21.3 Å². The summed E-state index contributed by atoms with van der Waals surface area (Å²) in [6, 6.07) is 1.82. The Balaban J connectivity index is 0.00000200. The topological polar surface area (TPSA) is 75.3 Å². The smallest absolute Gasteiger partial charge is 0.191 e. The summed E-state index contributed by atoms with van der Waals surface area (Å²) in [4.78, 5) is 9.78. The maximum absolute atomic E-state index is 4.77. The molecule has 2 aromatic rings. The molecular formula is C12H18IN5OS. The van der Waals surface area contributed by atoms with Crippen molar-refractivity contribution in [2.75, 3.05) is 7.05 Å². The summed E-state index contributed by atoms with van der Waals surface area (Å²) in [7, 11) is 1.74. The highest BCUT2D eigenvalue weighted by molar-refractivity contribution is 14.0. The van der Waals surface area contributed by atoms with Gasteiger partial charge in [-0.2, -0.15) is 0 Å². The van der Waals surface area contributed by atoms with Gasteiger partial charge in [0, 0.05) is 18.0 Å². The van der Waals surface area contributed by atoms with Crippen LogP contribution in [0, 0.1) is 13.8 Å². The minimum Gasteiger partial charge on any atom is -0.364 e. The Kier molecular flexibility index (Phi) is 6.93. The number of rotatable bonds is 4. The number of thiazole rings is 1. The average Bonchev–Trinajstić information content (AvgIpc) is 3.00. The molecule has 0 aliphatic carbocycles. The Morgan fingerprint density at radius 1 is 1.35 bits per heavy atom. The highest BCUT2D eigenvalue weighted by Gasteiger charge is 2.06. The first-order valence-electron chi connectivity index (χ1n) is 5.95. The predicted octanol–water partition coefficient (Wildman–Crippen LogP) is 2.23. The number of nitrogens with one attached hydrogen (secondary N) is 2. The van der Waals surface area contributed by atoms with E-state index >= 15 is 0 Å². The summed E-state index contributed by atoms with van der Waals surface area (Å²) in [6.45, 7) is 5.33. The third kappa shape index (κ3) is 4.75. The van der Waals surface area contributed by atoms with Crippen LogP contribution in [0.5, 0.6) is 0 Å². The fourth-order valence-electron chi connectivity index (χ4n) is 1.63. The fraction of sp³-hybridized carbons (Fsp3) is 0.417. The van der Waals surface area contributed by atoms with Crippen LogP contribution in [-0.2, 0) is 13.1 Å². The SMILES string of the molecule is CN=C(NCc1ccon1)NCc1sc(C)nc1C.I. The standard InChI is InChI=1S/C12H17N5OS.HI/c1-8-11(19-9(2)16-8)7-15-12(13-3)14-6-10-4-5-18-17-10;/h4-5H,6-7H2,1-3H3,(H2,13,14,15);1H. The van der Waals surface area contributed by atoms with E-state index < -0.39 is 0 Å². The van der Waals surface area contributed by atoms with Crippen LogP contribution in [0.3, 0.4) is 0 Å². The predicted molar refractivity (Wildman–Crippen MR) is 90.5 cm³/mol. The van der Waals surface area contributed by atoms with Crippen LogP contribution in [0.4, 0.5) is 0 Å². The van der Waals surface area contributed by atoms with Crippen molar-refractivity contribution in [3.05, 3.63) is 33.6 Å². The summed E-state index contributed by atoms with van der Waals surface area (Å²) < 4.78 is 4.77. The van der Waals surface area contributed by atoms with Crippen molar-refractivity contribution >= 4 is 41.3 Å². The second-order valence-electron chi connectivity index (χ2n) is 4.01. The van der Waals surface area contributed by atoms with Crippen LogP contribution in [-0.4, -0.2) is 23.1 Å². The molecule has 0 amide bonds. The molecule has 2 aromatic heterocycles. The van der Waals surface area contributed by atoms with E-state index in [1.165, 1.54) is 4.88 Å². The van der Waals surface area contributed by atoms with E-state index in [4.69, 9.17) is 4.52 Å². The highest BCUT2D eigenvalue weighted by Crippen LogP contribution is 2.16.